The molecule has 98 valence electrons. The van der Waals surface area contributed by atoms with E-state index < -0.39 is 15.7 Å². The van der Waals surface area contributed by atoms with E-state index >= 15 is 0 Å². The molecule has 0 fully saturated rings. The molecule has 6 heteroatoms. The third-order valence-electron chi connectivity index (χ3n) is 2.62. The minimum absolute atomic E-state index is 0.00806. The second-order valence-electron chi connectivity index (χ2n) is 3.94. The maximum Gasteiger partial charge on any atom is 0.273 e. The summed E-state index contributed by atoms with van der Waals surface area (Å²) in [5.41, 5.74) is 6.60. The van der Waals surface area contributed by atoms with E-state index in [0.717, 1.165) is 0 Å². The Morgan fingerprint density at radius 1 is 1.11 bits per heavy atom. The van der Waals surface area contributed by atoms with Crippen LogP contribution < -0.4 is 5.73 Å². The average Bonchev–Trinajstić information content (AvgIpc) is 2.39. The first kappa shape index (κ1) is 13.2. The van der Waals surface area contributed by atoms with E-state index in [1.54, 1.807) is 42.5 Å². The van der Waals surface area contributed by atoms with Crippen LogP contribution in [0.2, 0.25) is 0 Å². The number of nitrogen functional groups attached to an aromatic ring is 1. The summed E-state index contributed by atoms with van der Waals surface area (Å²) in [6.45, 7) is 0. The summed E-state index contributed by atoms with van der Waals surface area (Å²) in [5.74, 6) is 0.112. The highest BCUT2D eigenvalue weighted by Gasteiger charge is 2.15. The summed E-state index contributed by atoms with van der Waals surface area (Å²) in [6.07, 6.45) is 0. The molecule has 19 heavy (non-hydrogen) atoms. The fraction of sp³-hybridized carbons (Fsp3) is 0.0769. The number of para-hydroxylation sites is 1. The molecule has 0 bridgehead atoms. The summed E-state index contributed by atoms with van der Waals surface area (Å²) < 4.78 is 12.1. The molecule has 0 aliphatic heterocycles. The molecule has 0 aromatic heterocycles. The second kappa shape index (κ2) is 5.62. The number of nitrogens with two attached hydrogens (primary N) is 1. The van der Waals surface area contributed by atoms with Gasteiger partial charge in [0.2, 0.25) is 0 Å². The number of hydrogen-bond donors (Lipinski definition) is 1. The summed E-state index contributed by atoms with van der Waals surface area (Å²) in [6, 6.07) is 13.0. The van der Waals surface area contributed by atoms with E-state index in [1.807, 2.05) is 0 Å². The smallest absolute Gasteiger partial charge is 0.273 e. The maximum absolute atomic E-state index is 12.1. The number of nitro benzene ring substituents is 1. The average molecular weight is 276 g/mol. The van der Waals surface area contributed by atoms with Crippen molar-refractivity contribution in [2.24, 2.45) is 0 Å². The SMILES string of the molecule is Nc1ccc(S(=O)Cc2ccccc2[N+](=O)[O-])cc1. The van der Waals surface area contributed by atoms with Gasteiger partial charge in [-0.2, -0.15) is 0 Å². The van der Waals surface area contributed by atoms with Gasteiger partial charge in [-0.1, -0.05) is 18.2 Å². The third kappa shape index (κ3) is 3.17. The molecule has 1 unspecified atom stereocenters. The Bertz CT molecular complexity index is 626. The minimum Gasteiger partial charge on any atom is -0.399 e. The van der Waals surface area contributed by atoms with E-state index in [-0.39, 0.29) is 11.4 Å². The fourth-order valence-corrected chi connectivity index (χ4v) is 2.79. The van der Waals surface area contributed by atoms with Gasteiger partial charge in [-0.25, -0.2) is 0 Å². The number of hydrogen-bond acceptors (Lipinski definition) is 4. The molecular weight excluding hydrogens is 264 g/mol. The van der Waals surface area contributed by atoms with Gasteiger partial charge in [0.05, 0.1) is 21.5 Å². The first-order chi connectivity index (χ1) is 9.08. The van der Waals surface area contributed by atoms with E-state index in [4.69, 9.17) is 5.73 Å². The highest BCUT2D eigenvalue weighted by Crippen LogP contribution is 2.21. The van der Waals surface area contributed by atoms with Crippen LogP contribution in [0.25, 0.3) is 0 Å². The Hall–Kier alpha value is -2.21. The van der Waals surface area contributed by atoms with Gasteiger partial charge in [-0.15, -0.1) is 0 Å². The van der Waals surface area contributed by atoms with Crippen molar-refractivity contribution in [3.05, 3.63) is 64.2 Å². The van der Waals surface area contributed by atoms with Crippen LogP contribution in [0.1, 0.15) is 5.56 Å². The standard InChI is InChI=1S/C13H12N2O3S/c14-11-5-7-12(8-6-11)19(18)9-10-3-1-2-4-13(10)15(16)17/h1-8H,9,14H2. The Morgan fingerprint density at radius 2 is 1.74 bits per heavy atom. The molecule has 2 N–H and O–H groups in total. The minimum atomic E-state index is -1.33. The number of nitro groups is 1. The summed E-state index contributed by atoms with van der Waals surface area (Å²) >= 11 is 0. The first-order valence-corrected chi connectivity index (χ1v) is 6.86. The second-order valence-corrected chi connectivity index (χ2v) is 5.40. The van der Waals surface area contributed by atoms with Gasteiger partial charge >= 0.3 is 0 Å². The van der Waals surface area contributed by atoms with Crippen molar-refractivity contribution in [1.82, 2.24) is 0 Å². The number of anilines is 1. The van der Waals surface area contributed by atoms with Gasteiger partial charge in [0, 0.05) is 22.2 Å². The van der Waals surface area contributed by atoms with Gasteiger partial charge in [0.25, 0.3) is 5.69 Å². The summed E-state index contributed by atoms with van der Waals surface area (Å²) in [5, 5.41) is 10.9. The molecule has 0 saturated heterocycles. The van der Waals surface area contributed by atoms with Crippen molar-refractivity contribution in [3.63, 3.8) is 0 Å². The van der Waals surface area contributed by atoms with E-state index in [9.17, 15) is 14.3 Å². The largest absolute Gasteiger partial charge is 0.399 e. The molecule has 0 saturated carbocycles. The van der Waals surface area contributed by atoms with Crippen LogP contribution in [0.5, 0.6) is 0 Å². The van der Waals surface area contributed by atoms with Crippen LogP contribution in [0.4, 0.5) is 11.4 Å². The zero-order valence-electron chi connectivity index (χ0n) is 9.98. The van der Waals surface area contributed by atoms with Crippen molar-refractivity contribution >= 4 is 22.2 Å². The van der Waals surface area contributed by atoms with Gasteiger partial charge < -0.3 is 5.73 Å². The first-order valence-electron chi connectivity index (χ1n) is 5.54. The van der Waals surface area contributed by atoms with Crippen molar-refractivity contribution in [2.45, 2.75) is 10.6 Å². The lowest BCUT2D eigenvalue weighted by Gasteiger charge is -2.04. The van der Waals surface area contributed by atoms with Crippen LogP contribution in [-0.2, 0) is 16.6 Å². The molecule has 5 nitrogen and oxygen atoms in total. The van der Waals surface area contributed by atoms with Crippen molar-refractivity contribution in [1.29, 1.82) is 0 Å². The molecule has 2 aromatic carbocycles. The molecule has 0 spiro atoms. The van der Waals surface area contributed by atoms with Crippen molar-refractivity contribution in [3.8, 4) is 0 Å². The predicted octanol–water partition coefficient (Wildman–Crippen LogP) is 2.48. The quantitative estimate of drug-likeness (QED) is 0.528. The van der Waals surface area contributed by atoms with Gasteiger partial charge in [-0.05, 0) is 24.3 Å². The molecule has 0 amide bonds. The molecule has 0 aliphatic rings. The van der Waals surface area contributed by atoms with Crippen LogP contribution in [0.15, 0.2) is 53.4 Å². The molecule has 0 heterocycles. The Morgan fingerprint density at radius 3 is 2.37 bits per heavy atom. The van der Waals surface area contributed by atoms with Crippen LogP contribution >= 0.6 is 0 Å². The van der Waals surface area contributed by atoms with E-state index in [0.29, 0.717) is 16.1 Å². The Labute approximate surface area is 112 Å². The molecule has 2 aromatic rings. The number of benzene rings is 2. The monoisotopic (exact) mass is 276 g/mol. The van der Waals surface area contributed by atoms with Crippen LogP contribution in [-0.4, -0.2) is 9.13 Å². The van der Waals surface area contributed by atoms with Crippen LogP contribution in [0, 0.1) is 10.1 Å². The van der Waals surface area contributed by atoms with Gasteiger partial charge in [-0.3, -0.25) is 14.3 Å². The molecule has 0 aliphatic carbocycles. The number of rotatable bonds is 4. The summed E-state index contributed by atoms with van der Waals surface area (Å²) in [7, 11) is -1.33. The Balaban J connectivity index is 2.24. The molecule has 1 atom stereocenters. The Kier molecular flexibility index (Phi) is 3.91. The normalized spacial score (nSPS) is 12.0. The predicted molar refractivity (Wildman–Crippen MR) is 74.1 cm³/mol. The van der Waals surface area contributed by atoms with Gasteiger partial charge in [0.15, 0.2) is 0 Å². The van der Waals surface area contributed by atoms with E-state index in [1.165, 1.54) is 6.07 Å². The topological polar surface area (TPSA) is 86.2 Å². The molecule has 2 rings (SSSR count). The van der Waals surface area contributed by atoms with Crippen molar-refractivity contribution < 1.29 is 9.13 Å². The van der Waals surface area contributed by atoms with E-state index in [2.05, 4.69) is 0 Å². The highest BCUT2D eigenvalue weighted by molar-refractivity contribution is 7.84. The zero-order valence-corrected chi connectivity index (χ0v) is 10.8. The fourth-order valence-electron chi connectivity index (χ4n) is 1.66. The zero-order chi connectivity index (χ0) is 13.8. The maximum atomic E-state index is 12.1. The lowest BCUT2D eigenvalue weighted by atomic mass is 10.2. The third-order valence-corrected chi connectivity index (χ3v) is 3.99. The highest BCUT2D eigenvalue weighted by atomic mass is 32.2. The number of nitrogens with zero attached hydrogens (tertiary/aromatic N) is 1. The summed E-state index contributed by atoms with van der Waals surface area (Å²) in [4.78, 5) is 11.0. The lowest BCUT2D eigenvalue weighted by molar-refractivity contribution is -0.385. The molecular formula is C13H12N2O3S. The lowest BCUT2D eigenvalue weighted by Crippen LogP contribution is -2.00. The molecule has 0 radical (unpaired) electrons. The van der Waals surface area contributed by atoms with Gasteiger partial charge in [0.1, 0.15) is 0 Å². The van der Waals surface area contributed by atoms with Crippen LogP contribution in [0.3, 0.4) is 0 Å². The van der Waals surface area contributed by atoms with Crippen molar-refractivity contribution in [2.75, 3.05) is 5.73 Å².